The minimum atomic E-state index is -0.551. The lowest BCUT2D eigenvalue weighted by Crippen LogP contribution is -2.32. The smallest absolute Gasteiger partial charge is 0.150 e. The Kier molecular flexibility index (Phi) is 4.38. The van der Waals surface area contributed by atoms with Crippen LogP contribution in [0.25, 0.3) is 55.0 Å². The highest BCUT2D eigenvalue weighted by atomic mass is 16.5. The summed E-state index contributed by atoms with van der Waals surface area (Å²) in [7, 11) is 0. The molecule has 2 aromatic heterocycles. The van der Waals surface area contributed by atoms with E-state index in [0.29, 0.717) is 0 Å². The first kappa shape index (κ1) is 23.0. The summed E-state index contributed by atoms with van der Waals surface area (Å²) in [6.45, 7) is 0. The van der Waals surface area contributed by atoms with Gasteiger partial charge in [-0.25, -0.2) is 0 Å². The monoisotopic (exact) mass is 549 g/mol. The number of furan rings is 1. The molecular formula is C40H23NO2. The van der Waals surface area contributed by atoms with Crippen molar-refractivity contribution in [2.45, 2.75) is 5.41 Å². The van der Waals surface area contributed by atoms with Crippen LogP contribution >= 0.6 is 0 Å². The summed E-state index contributed by atoms with van der Waals surface area (Å²) in [4.78, 5) is 4.47. The van der Waals surface area contributed by atoms with Gasteiger partial charge in [0.05, 0.1) is 11.6 Å². The fraction of sp³-hybridized carbons (Fsp3) is 0.0250. The molecule has 8 aromatic rings. The van der Waals surface area contributed by atoms with E-state index < -0.39 is 5.41 Å². The minimum absolute atomic E-state index is 0.551. The fourth-order valence-electron chi connectivity index (χ4n) is 7.66. The van der Waals surface area contributed by atoms with Gasteiger partial charge in [0.15, 0.2) is 5.75 Å². The van der Waals surface area contributed by atoms with Crippen molar-refractivity contribution in [3.63, 3.8) is 0 Å². The van der Waals surface area contributed by atoms with E-state index in [4.69, 9.17) is 9.15 Å². The number of hydrogen-bond acceptors (Lipinski definition) is 3. The third-order valence-corrected chi connectivity index (χ3v) is 9.44. The number of fused-ring (bicyclic) bond motifs is 14. The first-order chi connectivity index (χ1) is 21.3. The molecule has 3 nitrogen and oxygen atoms in total. The quantitative estimate of drug-likeness (QED) is 0.204. The predicted octanol–water partition coefficient (Wildman–Crippen LogP) is 10.3. The molecule has 1 atom stereocenters. The molecule has 6 aromatic carbocycles. The summed E-state index contributed by atoms with van der Waals surface area (Å²) in [6.07, 6.45) is 3.74. The molecule has 0 fully saturated rings. The summed E-state index contributed by atoms with van der Waals surface area (Å²) in [5.41, 5.74) is 10.9. The predicted molar refractivity (Wildman–Crippen MR) is 172 cm³/mol. The maximum atomic E-state index is 6.61. The Balaban J connectivity index is 1.30. The van der Waals surface area contributed by atoms with Crippen LogP contribution in [0.3, 0.4) is 0 Å². The van der Waals surface area contributed by atoms with Gasteiger partial charge in [-0.05, 0) is 80.6 Å². The SMILES string of the molecule is c1ccc2c(c1)-c1c(ccc3ccccc13)C21c2ccncc2Oc2ccc(-c3ccc4oc5ccccc5c4c3)cc21. The Morgan fingerprint density at radius 1 is 0.512 bits per heavy atom. The maximum Gasteiger partial charge on any atom is 0.150 e. The first-order valence-electron chi connectivity index (χ1n) is 14.6. The third-order valence-electron chi connectivity index (χ3n) is 9.44. The molecule has 3 heterocycles. The zero-order chi connectivity index (χ0) is 28.1. The van der Waals surface area contributed by atoms with E-state index in [1.807, 2.05) is 24.5 Å². The summed E-state index contributed by atoms with van der Waals surface area (Å²) >= 11 is 0. The summed E-state index contributed by atoms with van der Waals surface area (Å²) in [6, 6.07) is 45.7. The summed E-state index contributed by atoms with van der Waals surface area (Å²) in [5, 5.41) is 4.76. The number of ether oxygens (including phenoxy) is 1. The van der Waals surface area contributed by atoms with Gasteiger partial charge in [0, 0.05) is 28.1 Å². The average molecular weight is 550 g/mol. The highest BCUT2D eigenvalue weighted by Gasteiger charge is 2.51. The van der Waals surface area contributed by atoms with Crippen molar-refractivity contribution in [2.24, 2.45) is 0 Å². The number of hydrogen-bond donors (Lipinski definition) is 0. The van der Waals surface area contributed by atoms with E-state index in [1.165, 1.54) is 33.0 Å². The molecule has 0 saturated carbocycles. The molecule has 0 amide bonds. The Labute approximate surface area is 247 Å². The van der Waals surface area contributed by atoms with Crippen LogP contribution in [0.1, 0.15) is 22.3 Å². The van der Waals surface area contributed by atoms with Gasteiger partial charge in [-0.15, -0.1) is 0 Å². The Hall–Kier alpha value is -5.67. The van der Waals surface area contributed by atoms with E-state index in [2.05, 4.69) is 120 Å². The number of pyridine rings is 1. The van der Waals surface area contributed by atoms with E-state index in [-0.39, 0.29) is 0 Å². The Morgan fingerprint density at radius 3 is 2.28 bits per heavy atom. The third kappa shape index (κ3) is 2.91. The maximum absolute atomic E-state index is 6.61. The average Bonchev–Trinajstić information content (AvgIpc) is 3.59. The molecule has 1 unspecified atom stereocenters. The molecule has 10 rings (SSSR count). The van der Waals surface area contributed by atoms with E-state index in [9.17, 15) is 0 Å². The van der Waals surface area contributed by atoms with Crippen LogP contribution in [0.5, 0.6) is 11.5 Å². The first-order valence-corrected chi connectivity index (χ1v) is 14.6. The van der Waals surface area contributed by atoms with Crippen molar-refractivity contribution in [3.8, 4) is 33.8 Å². The zero-order valence-electron chi connectivity index (χ0n) is 23.0. The molecule has 1 spiro atoms. The van der Waals surface area contributed by atoms with E-state index >= 15 is 0 Å². The van der Waals surface area contributed by atoms with Crippen LogP contribution < -0.4 is 4.74 Å². The molecule has 2 aliphatic rings. The van der Waals surface area contributed by atoms with Crippen LogP contribution in [-0.4, -0.2) is 4.98 Å². The van der Waals surface area contributed by atoms with Gasteiger partial charge >= 0.3 is 0 Å². The van der Waals surface area contributed by atoms with Crippen LogP contribution in [0.4, 0.5) is 0 Å². The van der Waals surface area contributed by atoms with Crippen LogP contribution in [0.15, 0.2) is 144 Å². The van der Waals surface area contributed by atoms with Crippen molar-refractivity contribution >= 4 is 32.7 Å². The lowest BCUT2D eigenvalue weighted by Gasteiger charge is -2.39. The zero-order valence-corrected chi connectivity index (χ0v) is 23.0. The minimum Gasteiger partial charge on any atom is -0.456 e. The molecule has 3 heteroatoms. The van der Waals surface area contributed by atoms with Crippen molar-refractivity contribution in [1.29, 1.82) is 0 Å². The van der Waals surface area contributed by atoms with Crippen molar-refractivity contribution in [1.82, 2.24) is 4.98 Å². The fourth-order valence-corrected chi connectivity index (χ4v) is 7.66. The molecular weight excluding hydrogens is 526 g/mol. The van der Waals surface area contributed by atoms with E-state index in [1.54, 1.807) is 0 Å². The van der Waals surface area contributed by atoms with Gasteiger partial charge in [0.1, 0.15) is 16.9 Å². The molecule has 200 valence electrons. The van der Waals surface area contributed by atoms with Gasteiger partial charge in [-0.1, -0.05) is 91.0 Å². The van der Waals surface area contributed by atoms with Crippen molar-refractivity contribution < 1.29 is 9.15 Å². The molecule has 0 N–H and O–H groups in total. The largest absolute Gasteiger partial charge is 0.456 e. The Bertz CT molecular complexity index is 2450. The van der Waals surface area contributed by atoms with Gasteiger partial charge in [0.25, 0.3) is 0 Å². The second-order valence-electron chi connectivity index (χ2n) is 11.5. The van der Waals surface area contributed by atoms with Crippen LogP contribution in [0, 0.1) is 0 Å². The summed E-state index contributed by atoms with van der Waals surface area (Å²) < 4.78 is 12.7. The number of rotatable bonds is 1. The molecule has 1 aliphatic carbocycles. The lowest BCUT2D eigenvalue weighted by molar-refractivity contribution is 0.434. The molecule has 43 heavy (non-hydrogen) atoms. The highest BCUT2D eigenvalue weighted by molar-refractivity contribution is 6.07. The normalized spacial score (nSPS) is 16.2. The number of para-hydroxylation sites is 1. The van der Waals surface area contributed by atoms with Crippen molar-refractivity contribution in [2.75, 3.05) is 0 Å². The molecule has 0 saturated heterocycles. The topological polar surface area (TPSA) is 35.3 Å². The van der Waals surface area contributed by atoms with Gasteiger partial charge in [-0.2, -0.15) is 0 Å². The lowest BCUT2D eigenvalue weighted by atomic mass is 9.66. The van der Waals surface area contributed by atoms with Crippen LogP contribution in [0.2, 0.25) is 0 Å². The second kappa shape index (κ2) is 8.21. The van der Waals surface area contributed by atoms with Gasteiger partial charge in [0.2, 0.25) is 0 Å². The van der Waals surface area contributed by atoms with Crippen molar-refractivity contribution in [3.05, 3.63) is 162 Å². The number of nitrogens with zero attached hydrogens (tertiary/aromatic N) is 1. The Morgan fingerprint density at radius 2 is 1.30 bits per heavy atom. The standard InChI is InChI=1S/C40H23NO2/c1-2-8-27-24(7-1)13-16-33-39(27)29-10-3-5-11-31(29)40(33)32-19-20-41-23-38(32)43-37-18-15-26(22-34(37)40)25-14-17-36-30(21-25)28-9-4-6-12-35(28)42-36/h1-23H. The van der Waals surface area contributed by atoms with E-state index in [0.717, 1.165) is 55.7 Å². The second-order valence-corrected chi connectivity index (χ2v) is 11.5. The highest BCUT2D eigenvalue weighted by Crippen LogP contribution is 2.63. The summed E-state index contributed by atoms with van der Waals surface area (Å²) in [5.74, 6) is 1.65. The van der Waals surface area contributed by atoms with Gasteiger partial charge < -0.3 is 9.15 Å². The molecule has 1 aliphatic heterocycles. The number of aromatic nitrogens is 1. The number of benzene rings is 6. The van der Waals surface area contributed by atoms with Crippen LogP contribution in [-0.2, 0) is 5.41 Å². The molecule has 0 radical (unpaired) electrons. The van der Waals surface area contributed by atoms with Gasteiger partial charge in [-0.3, -0.25) is 4.98 Å². The molecule has 0 bridgehead atoms.